The molecule has 13 heavy (non-hydrogen) atoms. The molecule has 1 aliphatic heterocycles. The van der Waals surface area contributed by atoms with Gasteiger partial charge in [0.25, 0.3) is 0 Å². The Morgan fingerprint density at radius 3 is 2.77 bits per heavy atom. The third kappa shape index (κ3) is 1.18. The van der Waals surface area contributed by atoms with Crippen molar-refractivity contribution in [2.24, 2.45) is 11.3 Å². The van der Waals surface area contributed by atoms with Crippen molar-refractivity contribution in [1.29, 1.82) is 0 Å². The average Bonchev–Trinajstić information content (AvgIpc) is 2.60. The third-order valence-electron chi connectivity index (χ3n) is 3.97. The zero-order chi connectivity index (χ0) is 9.47. The van der Waals surface area contributed by atoms with Crippen LogP contribution in [-0.4, -0.2) is 11.9 Å². The molecule has 0 spiro atoms. The number of hydrogen-bond donors (Lipinski definition) is 1. The molecule has 1 aliphatic carbocycles. The summed E-state index contributed by atoms with van der Waals surface area (Å²) in [6.07, 6.45) is 5.81. The zero-order valence-electron chi connectivity index (χ0n) is 8.60. The second-order valence-electron chi connectivity index (χ2n) is 4.67. The third-order valence-corrected chi connectivity index (χ3v) is 3.97. The Hall–Kier alpha value is -0.530. The Kier molecular flexibility index (Phi) is 2.09. The van der Waals surface area contributed by atoms with Gasteiger partial charge in [0.1, 0.15) is 0 Å². The average molecular weight is 181 g/mol. The number of carbonyl (C=O) groups is 1. The first kappa shape index (κ1) is 9.04. The van der Waals surface area contributed by atoms with E-state index in [0.717, 1.165) is 25.2 Å². The molecule has 2 rings (SSSR count). The van der Waals surface area contributed by atoms with Gasteiger partial charge in [-0.25, -0.2) is 0 Å². The Labute approximate surface area is 80.1 Å². The van der Waals surface area contributed by atoms with Crippen molar-refractivity contribution in [3.05, 3.63) is 0 Å². The zero-order valence-corrected chi connectivity index (χ0v) is 8.60. The normalized spacial score (nSPS) is 42.5. The SMILES string of the molecule is CCCC1CC2(CC)CC1NC2=O. The molecule has 0 radical (unpaired) electrons. The largest absolute Gasteiger partial charge is 0.353 e. The van der Waals surface area contributed by atoms with E-state index in [1.54, 1.807) is 0 Å². The minimum absolute atomic E-state index is 0.0322. The fourth-order valence-corrected chi connectivity index (χ4v) is 3.11. The molecule has 2 bridgehead atoms. The molecule has 3 unspecified atom stereocenters. The van der Waals surface area contributed by atoms with Crippen LogP contribution >= 0.6 is 0 Å². The monoisotopic (exact) mass is 181 g/mol. The van der Waals surface area contributed by atoms with Crippen LogP contribution in [0.1, 0.15) is 46.0 Å². The molecule has 0 aromatic carbocycles. The van der Waals surface area contributed by atoms with E-state index in [-0.39, 0.29) is 5.41 Å². The van der Waals surface area contributed by atoms with Crippen molar-refractivity contribution < 1.29 is 4.79 Å². The number of nitrogens with one attached hydrogen (secondary N) is 1. The van der Waals surface area contributed by atoms with Crippen molar-refractivity contribution in [2.75, 3.05) is 0 Å². The first-order valence-electron chi connectivity index (χ1n) is 5.53. The van der Waals surface area contributed by atoms with Gasteiger partial charge in [-0.2, -0.15) is 0 Å². The standard InChI is InChI=1S/C11H19NO/c1-3-5-8-6-11(4-2)7-9(8)12-10(11)13/h8-9H,3-7H2,1-2H3,(H,12,13). The lowest BCUT2D eigenvalue weighted by atomic mass is 9.81. The Balaban J connectivity index is 2.10. The van der Waals surface area contributed by atoms with Gasteiger partial charge in [-0.3, -0.25) is 4.79 Å². The molecule has 1 N–H and O–H groups in total. The van der Waals surface area contributed by atoms with Crippen molar-refractivity contribution in [2.45, 2.75) is 52.0 Å². The van der Waals surface area contributed by atoms with Crippen LogP contribution in [0.25, 0.3) is 0 Å². The topological polar surface area (TPSA) is 29.1 Å². The van der Waals surface area contributed by atoms with Gasteiger partial charge in [-0.15, -0.1) is 0 Å². The molecule has 2 heteroatoms. The fourth-order valence-electron chi connectivity index (χ4n) is 3.11. The van der Waals surface area contributed by atoms with Crippen molar-refractivity contribution in [1.82, 2.24) is 5.32 Å². The Morgan fingerprint density at radius 2 is 2.23 bits per heavy atom. The minimum atomic E-state index is 0.0322. The molecular formula is C11H19NO. The lowest BCUT2D eigenvalue weighted by Gasteiger charge is -2.28. The van der Waals surface area contributed by atoms with Crippen LogP contribution in [0.3, 0.4) is 0 Å². The van der Waals surface area contributed by atoms with E-state index >= 15 is 0 Å². The highest BCUT2D eigenvalue weighted by Crippen LogP contribution is 2.50. The summed E-state index contributed by atoms with van der Waals surface area (Å²) in [5.74, 6) is 1.09. The summed E-state index contributed by atoms with van der Waals surface area (Å²) in [4.78, 5) is 11.6. The second-order valence-corrected chi connectivity index (χ2v) is 4.67. The van der Waals surface area contributed by atoms with E-state index in [4.69, 9.17) is 0 Å². The van der Waals surface area contributed by atoms with Gasteiger partial charge in [0.15, 0.2) is 0 Å². The summed E-state index contributed by atoms with van der Waals surface area (Å²) in [7, 11) is 0. The van der Waals surface area contributed by atoms with Gasteiger partial charge in [0, 0.05) is 6.04 Å². The van der Waals surface area contributed by atoms with E-state index in [2.05, 4.69) is 19.2 Å². The van der Waals surface area contributed by atoms with Gasteiger partial charge in [-0.05, 0) is 31.6 Å². The van der Waals surface area contributed by atoms with Crippen LogP contribution < -0.4 is 5.32 Å². The van der Waals surface area contributed by atoms with Crippen LogP contribution in [0.5, 0.6) is 0 Å². The summed E-state index contributed by atoms with van der Waals surface area (Å²) in [5, 5.41) is 3.14. The maximum atomic E-state index is 11.6. The van der Waals surface area contributed by atoms with Gasteiger partial charge >= 0.3 is 0 Å². The molecule has 0 aromatic heterocycles. The molecule has 1 saturated heterocycles. The number of carbonyl (C=O) groups excluding carboxylic acids is 1. The summed E-state index contributed by atoms with van der Waals surface area (Å²) in [5.41, 5.74) is 0.0322. The summed E-state index contributed by atoms with van der Waals surface area (Å²) in [6, 6.07) is 0.507. The van der Waals surface area contributed by atoms with Crippen LogP contribution in [-0.2, 0) is 4.79 Å². The fraction of sp³-hybridized carbons (Fsp3) is 0.909. The second kappa shape index (κ2) is 3.00. The van der Waals surface area contributed by atoms with Crippen molar-refractivity contribution in [3.8, 4) is 0 Å². The van der Waals surface area contributed by atoms with E-state index < -0.39 is 0 Å². The number of piperidine rings is 1. The highest BCUT2D eigenvalue weighted by atomic mass is 16.2. The number of hydrogen-bond acceptors (Lipinski definition) is 1. The predicted octanol–water partition coefficient (Wildman–Crippen LogP) is 2.09. The van der Waals surface area contributed by atoms with Gasteiger partial charge in [0.05, 0.1) is 5.41 Å². The first-order chi connectivity index (χ1) is 6.22. The van der Waals surface area contributed by atoms with Crippen LogP contribution in [0, 0.1) is 11.3 Å². The molecule has 1 heterocycles. The molecule has 1 amide bonds. The molecule has 1 saturated carbocycles. The van der Waals surface area contributed by atoms with Gasteiger partial charge in [0.2, 0.25) is 5.91 Å². The molecule has 2 aliphatic rings. The lowest BCUT2D eigenvalue weighted by Crippen LogP contribution is -2.41. The highest BCUT2D eigenvalue weighted by Gasteiger charge is 2.54. The van der Waals surface area contributed by atoms with Crippen LogP contribution in [0.15, 0.2) is 0 Å². The lowest BCUT2D eigenvalue weighted by molar-refractivity contribution is -0.130. The summed E-state index contributed by atoms with van der Waals surface area (Å²) in [6.45, 7) is 4.38. The van der Waals surface area contributed by atoms with Gasteiger partial charge in [-0.1, -0.05) is 20.3 Å². The van der Waals surface area contributed by atoms with E-state index in [1.165, 1.54) is 12.8 Å². The molecule has 3 atom stereocenters. The predicted molar refractivity (Wildman–Crippen MR) is 52.3 cm³/mol. The minimum Gasteiger partial charge on any atom is -0.353 e. The molecule has 2 nitrogen and oxygen atoms in total. The van der Waals surface area contributed by atoms with Crippen molar-refractivity contribution >= 4 is 5.91 Å². The summed E-state index contributed by atoms with van der Waals surface area (Å²) >= 11 is 0. The van der Waals surface area contributed by atoms with Crippen molar-refractivity contribution in [3.63, 3.8) is 0 Å². The molecular weight excluding hydrogens is 162 g/mol. The maximum absolute atomic E-state index is 11.6. The maximum Gasteiger partial charge on any atom is 0.226 e. The number of amides is 1. The number of rotatable bonds is 3. The summed E-state index contributed by atoms with van der Waals surface area (Å²) < 4.78 is 0. The first-order valence-corrected chi connectivity index (χ1v) is 5.53. The van der Waals surface area contributed by atoms with Crippen LogP contribution in [0.2, 0.25) is 0 Å². The molecule has 74 valence electrons. The smallest absolute Gasteiger partial charge is 0.226 e. The van der Waals surface area contributed by atoms with Gasteiger partial charge < -0.3 is 5.32 Å². The van der Waals surface area contributed by atoms with E-state index in [0.29, 0.717) is 11.9 Å². The Morgan fingerprint density at radius 1 is 1.46 bits per heavy atom. The molecule has 0 aromatic rings. The quantitative estimate of drug-likeness (QED) is 0.709. The molecule has 2 fully saturated rings. The van der Waals surface area contributed by atoms with Crippen LogP contribution in [0.4, 0.5) is 0 Å². The highest BCUT2D eigenvalue weighted by molar-refractivity contribution is 5.86. The number of fused-ring (bicyclic) bond motifs is 2. The van der Waals surface area contributed by atoms with E-state index in [1.807, 2.05) is 0 Å². The Bertz CT molecular complexity index is 226. The van der Waals surface area contributed by atoms with E-state index in [9.17, 15) is 4.79 Å².